The third-order valence-corrected chi connectivity index (χ3v) is 3.48. The van der Waals surface area contributed by atoms with Crippen LogP contribution in [0.4, 0.5) is 5.88 Å². The lowest BCUT2D eigenvalue weighted by Crippen LogP contribution is -2.23. The standard InChI is InChI=1S/C14H12ClNO4/c15-9-4-1-3-8(7-9)13-11(18)12(19)14(20-13)16-6-2-5-10(16)17/h1,3-4,7,18-19H,2,5-6H2. The van der Waals surface area contributed by atoms with Crippen molar-refractivity contribution in [2.45, 2.75) is 12.8 Å². The van der Waals surface area contributed by atoms with Crippen LogP contribution in [-0.4, -0.2) is 22.7 Å². The normalized spacial score (nSPS) is 15.1. The largest absolute Gasteiger partial charge is 0.502 e. The molecule has 1 aliphatic heterocycles. The predicted octanol–water partition coefficient (Wildman–Crippen LogP) is 3.14. The smallest absolute Gasteiger partial charge is 0.249 e. The van der Waals surface area contributed by atoms with E-state index in [0.717, 1.165) is 0 Å². The molecule has 5 nitrogen and oxygen atoms in total. The lowest BCUT2D eigenvalue weighted by Gasteiger charge is -2.11. The van der Waals surface area contributed by atoms with Crippen LogP contribution in [0.15, 0.2) is 28.7 Å². The Kier molecular flexibility index (Phi) is 3.06. The molecule has 1 aromatic carbocycles. The lowest BCUT2D eigenvalue weighted by atomic mass is 10.1. The fourth-order valence-corrected chi connectivity index (χ4v) is 2.46. The van der Waals surface area contributed by atoms with Crippen LogP contribution in [0.3, 0.4) is 0 Å². The average Bonchev–Trinajstić information content (AvgIpc) is 2.96. The summed E-state index contributed by atoms with van der Waals surface area (Å²) < 4.78 is 5.49. The molecule has 2 N–H and O–H groups in total. The minimum absolute atomic E-state index is 0.0139. The van der Waals surface area contributed by atoms with Gasteiger partial charge in [-0.15, -0.1) is 0 Å². The first kappa shape index (κ1) is 12.9. The van der Waals surface area contributed by atoms with E-state index in [4.69, 9.17) is 16.0 Å². The first-order valence-electron chi connectivity index (χ1n) is 6.19. The van der Waals surface area contributed by atoms with E-state index in [1.54, 1.807) is 24.3 Å². The topological polar surface area (TPSA) is 73.9 Å². The molecule has 1 amide bonds. The zero-order chi connectivity index (χ0) is 14.3. The highest BCUT2D eigenvalue weighted by atomic mass is 35.5. The van der Waals surface area contributed by atoms with E-state index in [-0.39, 0.29) is 23.3 Å². The second-order valence-corrected chi connectivity index (χ2v) is 5.03. The van der Waals surface area contributed by atoms with Crippen molar-refractivity contribution in [3.8, 4) is 22.8 Å². The molecule has 0 saturated carbocycles. The van der Waals surface area contributed by atoms with Crippen LogP contribution in [0.5, 0.6) is 11.5 Å². The number of carbonyl (C=O) groups is 1. The average molecular weight is 294 g/mol. The van der Waals surface area contributed by atoms with Crippen LogP contribution in [0.2, 0.25) is 5.02 Å². The molecule has 0 spiro atoms. The number of furan rings is 1. The zero-order valence-electron chi connectivity index (χ0n) is 10.5. The van der Waals surface area contributed by atoms with Gasteiger partial charge in [-0.05, 0) is 18.6 Å². The van der Waals surface area contributed by atoms with Crippen molar-refractivity contribution in [3.63, 3.8) is 0 Å². The van der Waals surface area contributed by atoms with Gasteiger partial charge < -0.3 is 14.6 Å². The van der Waals surface area contributed by atoms with Crippen LogP contribution in [0.25, 0.3) is 11.3 Å². The zero-order valence-corrected chi connectivity index (χ0v) is 11.2. The second-order valence-electron chi connectivity index (χ2n) is 4.59. The Bertz CT molecular complexity index is 680. The van der Waals surface area contributed by atoms with Gasteiger partial charge in [0.1, 0.15) is 0 Å². The predicted molar refractivity (Wildman–Crippen MR) is 74.1 cm³/mol. The molecule has 0 radical (unpaired) electrons. The number of rotatable bonds is 2. The third kappa shape index (κ3) is 2.00. The van der Waals surface area contributed by atoms with Gasteiger partial charge in [0.15, 0.2) is 5.76 Å². The molecule has 1 aliphatic rings. The maximum absolute atomic E-state index is 11.7. The third-order valence-electron chi connectivity index (χ3n) is 3.25. The molecule has 2 heterocycles. The van der Waals surface area contributed by atoms with Gasteiger partial charge in [-0.25, -0.2) is 0 Å². The summed E-state index contributed by atoms with van der Waals surface area (Å²) in [6, 6.07) is 6.70. The van der Waals surface area contributed by atoms with Gasteiger partial charge in [-0.1, -0.05) is 23.7 Å². The van der Waals surface area contributed by atoms with Gasteiger partial charge >= 0.3 is 0 Å². The van der Waals surface area contributed by atoms with E-state index in [1.165, 1.54) is 4.90 Å². The van der Waals surface area contributed by atoms with Gasteiger partial charge in [0.05, 0.1) is 0 Å². The van der Waals surface area contributed by atoms with Gasteiger partial charge in [-0.2, -0.15) is 0 Å². The molecular weight excluding hydrogens is 282 g/mol. The molecular formula is C14H12ClNO4. The van der Waals surface area contributed by atoms with Gasteiger partial charge in [0.25, 0.3) is 0 Å². The molecule has 0 aliphatic carbocycles. The fourth-order valence-electron chi connectivity index (χ4n) is 2.27. The van der Waals surface area contributed by atoms with E-state index < -0.39 is 5.75 Å². The van der Waals surface area contributed by atoms with Crippen LogP contribution in [0.1, 0.15) is 12.8 Å². The number of benzene rings is 1. The SMILES string of the molecule is O=C1CCCN1c1oc(-c2cccc(Cl)c2)c(O)c1O. The minimum atomic E-state index is -0.421. The Morgan fingerprint density at radius 3 is 2.70 bits per heavy atom. The summed E-state index contributed by atoms with van der Waals surface area (Å²) in [5.41, 5.74) is 0.531. The van der Waals surface area contributed by atoms with Crippen molar-refractivity contribution in [2.75, 3.05) is 11.4 Å². The lowest BCUT2D eigenvalue weighted by molar-refractivity contribution is -0.117. The van der Waals surface area contributed by atoms with Crippen molar-refractivity contribution < 1.29 is 19.4 Å². The quantitative estimate of drug-likeness (QED) is 0.892. The Labute approximate surface area is 120 Å². The molecule has 3 rings (SSSR count). The van der Waals surface area contributed by atoms with E-state index >= 15 is 0 Å². The Hall–Kier alpha value is -2.14. The summed E-state index contributed by atoms with van der Waals surface area (Å²) in [6.07, 6.45) is 1.11. The number of hydrogen-bond donors (Lipinski definition) is 2. The monoisotopic (exact) mass is 293 g/mol. The molecule has 0 atom stereocenters. The molecule has 20 heavy (non-hydrogen) atoms. The Morgan fingerprint density at radius 2 is 2.05 bits per heavy atom. The van der Waals surface area contributed by atoms with Crippen molar-refractivity contribution in [1.29, 1.82) is 0 Å². The first-order chi connectivity index (χ1) is 9.58. The summed E-state index contributed by atoms with van der Waals surface area (Å²) in [5.74, 6) is -0.858. The summed E-state index contributed by atoms with van der Waals surface area (Å²) in [7, 11) is 0. The number of anilines is 1. The fraction of sp³-hybridized carbons (Fsp3) is 0.214. The molecule has 6 heteroatoms. The van der Waals surface area contributed by atoms with Crippen LogP contribution in [-0.2, 0) is 4.79 Å². The number of carbonyl (C=O) groups excluding carboxylic acids is 1. The minimum Gasteiger partial charge on any atom is -0.502 e. The molecule has 1 fully saturated rings. The summed E-state index contributed by atoms with van der Waals surface area (Å²) in [5, 5.41) is 20.4. The van der Waals surface area contributed by atoms with Gasteiger partial charge in [0.2, 0.25) is 23.3 Å². The Balaban J connectivity index is 2.08. The van der Waals surface area contributed by atoms with Crippen LogP contribution >= 0.6 is 11.6 Å². The number of hydrogen-bond acceptors (Lipinski definition) is 4. The van der Waals surface area contributed by atoms with Crippen molar-refractivity contribution in [2.24, 2.45) is 0 Å². The molecule has 1 saturated heterocycles. The van der Waals surface area contributed by atoms with Crippen molar-refractivity contribution >= 4 is 23.4 Å². The summed E-state index contributed by atoms with van der Waals surface area (Å²) in [6.45, 7) is 0.467. The molecule has 104 valence electrons. The molecule has 0 unspecified atom stereocenters. The van der Waals surface area contributed by atoms with Gasteiger partial charge in [-0.3, -0.25) is 9.69 Å². The van der Waals surface area contributed by atoms with Crippen LogP contribution in [0, 0.1) is 0 Å². The maximum Gasteiger partial charge on any atom is 0.249 e. The number of nitrogens with zero attached hydrogens (tertiary/aromatic N) is 1. The van der Waals surface area contributed by atoms with E-state index in [2.05, 4.69) is 0 Å². The summed E-state index contributed by atoms with van der Waals surface area (Å²) in [4.78, 5) is 13.0. The first-order valence-corrected chi connectivity index (χ1v) is 6.56. The van der Waals surface area contributed by atoms with E-state index in [1.807, 2.05) is 0 Å². The number of aromatic hydroxyl groups is 2. The highest BCUT2D eigenvalue weighted by Gasteiger charge is 2.31. The summed E-state index contributed by atoms with van der Waals surface area (Å²) >= 11 is 5.89. The van der Waals surface area contributed by atoms with Crippen molar-refractivity contribution in [1.82, 2.24) is 0 Å². The Morgan fingerprint density at radius 1 is 1.25 bits per heavy atom. The van der Waals surface area contributed by atoms with Gasteiger partial charge in [0, 0.05) is 23.6 Å². The number of halogens is 1. The van der Waals surface area contributed by atoms with E-state index in [9.17, 15) is 15.0 Å². The molecule has 0 bridgehead atoms. The van der Waals surface area contributed by atoms with Crippen LogP contribution < -0.4 is 4.90 Å². The van der Waals surface area contributed by atoms with Crippen molar-refractivity contribution in [3.05, 3.63) is 29.3 Å². The molecule has 2 aromatic rings. The maximum atomic E-state index is 11.7. The molecule has 1 aromatic heterocycles. The van der Waals surface area contributed by atoms with E-state index in [0.29, 0.717) is 30.0 Å². The number of amides is 1. The highest BCUT2D eigenvalue weighted by Crippen LogP contribution is 2.47. The highest BCUT2D eigenvalue weighted by molar-refractivity contribution is 6.30. The second kappa shape index (κ2) is 4.76.